The summed E-state index contributed by atoms with van der Waals surface area (Å²) in [5.74, 6) is -0.419. The highest BCUT2D eigenvalue weighted by Gasteiger charge is 2.76. The van der Waals surface area contributed by atoms with Gasteiger partial charge in [-0.2, -0.15) is 0 Å². The first-order chi connectivity index (χ1) is 12.5. The lowest BCUT2D eigenvalue weighted by atomic mass is 9.71. The number of ketones is 1. The number of cyclic esters (lactones) is 1. The van der Waals surface area contributed by atoms with E-state index in [2.05, 4.69) is 10.6 Å². The van der Waals surface area contributed by atoms with Gasteiger partial charge in [0.05, 0.1) is 6.04 Å². The third-order valence-corrected chi connectivity index (χ3v) is 6.75. The summed E-state index contributed by atoms with van der Waals surface area (Å²) < 4.78 is 5.30. The molecule has 1 aliphatic carbocycles. The van der Waals surface area contributed by atoms with Crippen LogP contribution >= 0.6 is 0 Å². The number of carbonyl (C=O) groups excluding carboxylic acids is 2. The summed E-state index contributed by atoms with van der Waals surface area (Å²) >= 11 is 0. The zero-order valence-corrected chi connectivity index (χ0v) is 16.4. The molecule has 1 amide bonds. The van der Waals surface area contributed by atoms with Crippen molar-refractivity contribution in [1.82, 2.24) is 5.32 Å². The molecule has 1 spiro atoms. The van der Waals surface area contributed by atoms with Gasteiger partial charge >= 0.3 is 6.09 Å². The lowest BCUT2D eigenvalue weighted by molar-refractivity contribution is -0.161. The van der Waals surface area contributed by atoms with Crippen molar-refractivity contribution in [1.29, 1.82) is 0 Å². The average Bonchev–Trinajstić information content (AvgIpc) is 2.98. The summed E-state index contributed by atoms with van der Waals surface area (Å²) in [5, 5.41) is 29.1. The van der Waals surface area contributed by atoms with Crippen molar-refractivity contribution in [3.8, 4) is 0 Å². The molecule has 7 heteroatoms. The van der Waals surface area contributed by atoms with Crippen molar-refractivity contribution in [2.24, 2.45) is 5.92 Å². The van der Waals surface area contributed by atoms with Crippen LogP contribution in [0.5, 0.6) is 0 Å². The Balaban J connectivity index is 2.06. The van der Waals surface area contributed by atoms with E-state index in [0.717, 1.165) is 0 Å². The van der Waals surface area contributed by atoms with E-state index in [1.807, 2.05) is 13.0 Å². The molecule has 1 aromatic rings. The molecule has 3 rings (SSSR count). The Bertz CT molecular complexity index is 779. The number of nitrogens with one attached hydrogen (secondary N) is 2. The molecule has 2 fully saturated rings. The van der Waals surface area contributed by atoms with E-state index in [0.29, 0.717) is 11.3 Å². The SMILES string of the molecule is CC[C@@]1(O)[C@@H](Nc2cccc(C(C)=O)c2)[C@H](C)[C@]2(NC(=O)O[C@H]2C)[C@@]1(C)O. The first-order valence-corrected chi connectivity index (χ1v) is 9.32. The van der Waals surface area contributed by atoms with Crippen LogP contribution in [0.25, 0.3) is 0 Å². The molecule has 0 unspecified atom stereocenters. The predicted octanol–water partition coefficient (Wildman–Crippen LogP) is 2.08. The Morgan fingerprint density at radius 1 is 1.33 bits per heavy atom. The normalized spacial score (nSPS) is 40.7. The van der Waals surface area contributed by atoms with Crippen molar-refractivity contribution in [2.75, 3.05) is 5.32 Å². The monoisotopic (exact) mass is 376 g/mol. The van der Waals surface area contributed by atoms with Crippen LogP contribution in [0.4, 0.5) is 10.5 Å². The van der Waals surface area contributed by atoms with E-state index in [1.54, 1.807) is 39.0 Å². The number of aliphatic hydroxyl groups is 2. The van der Waals surface area contributed by atoms with Crippen LogP contribution in [0.2, 0.25) is 0 Å². The van der Waals surface area contributed by atoms with Crippen LogP contribution < -0.4 is 10.6 Å². The lowest BCUT2D eigenvalue weighted by Gasteiger charge is -2.45. The van der Waals surface area contributed by atoms with E-state index in [-0.39, 0.29) is 18.1 Å². The highest BCUT2D eigenvalue weighted by molar-refractivity contribution is 5.94. The maximum atomic E-state index is 11.9. The van der Waals surface area contributed by atoms with Crippen LogP contribution in [0.1, 0.15) is 51.4 Å². The predicted molar refractivity (Wildman–Crippen MR) is 101 cm³/mol. The van der Waals surface area contributed by atoms with Gasteiger partial charge in [0.1, 0.15) is 22.8 Å². The molecule has 27 heavy (non-hydrogen) atoms. The number of rotatable bonds is 4. The molecule has 0 aromatic heterocycles. The molecule has 6 atom stereocenters. The van der Waals surface area contributed by atoms with Gasteiger partial charge in [-0.25, -0.2) is 4.79 Å². The lowest BCUT2D eigenvalue weighted by Crippen LogP contribution is -2.69. The Morgan fingerprint density at radius 3 is 2.52 bits per heavy atom. The highest BCUT2D eigenvalue weighted by atomic mass is 16.6. The fraction of sp³-hybridized carbons (Fsp3) is 0.600. The molecule has 2 aliphatic rings. The molecular weight excluding hydrogens is 348 g/mol. The van der Waals surface area contributed by atoms with E-state index >= 15 is 0 Å². The average molecular weight is 376 g/mol. The summed E-state index contributed by atoms with van der Waals surface area (Å²) in [6, 6.07) is 6.44. The van der Waals surface area contributed by atoms with E-state index in [4.69, 9.17) is 4.74 Å². The summed E-state index contributed by atoms with van der Waals surface area (Å²) in [7, 11) is 0. The third kappa shape index (κ3) is 2.48. The number of ether oxygens (including phenoxy) is 1. The molecule has 1 aliphatic heterocycles. The number of Topliss-reactive ketones (excluding diaryl/α,β-unsaturated/α-hetero) is 1. The number of amides is 1. The van der Waals surface area contributed by atoms with Gasteiger partial charge in [-0.3, -0.25) is 4.79 Å². The first kappa shape index (κ1) is 19.6. The number of alkyl carbamates (subject to hydrolysis) is 1. The second-order valence-corrected chi connectivity index (χ2v) is 7.94. The van der Waals surface area contributed by atoms with Crippen molar-refractivity contribution in [2.45, 2.75) is 69.9 Å². The maximum absolute atomic E-state index is 11.9. The van der Waals surface area contributed by atoms with Gasteiger partial charge in [0.25, 0.3) is 0 Å². The summed E-state index contributed by atoms with van der Waals surface area (Å²) in [4.78, 5) is 23.6. The minimum absolute atomic E-state index is 0.0579. The van der Waals surface area contributed by atoms with Crippen molar-refractivity contribution in [3.05, 3.63) is 29.8 Å². The van der Waals surface area contributed by atoms with Crippen LogP contribution in [-0.4, -0.2) is 51.0 Å². The van der Waals surface area contributed by atoms with Crippen molar-refractivity contribution in [3.63, 3.8) is 0 Å². The van der Waals surface area contributed by atoms with E-state index in [9.17, 15) is 19.8 Å². The fourth-order valence-electron chi connectivity index (χ4n) is 5.15. The Morgan fingerprint density at radius 2 is 2.00 bits per heavy atom. The van der Waals surface area contributed by atoms with Gasteiger partial charge in [0, 0.05) is 17.2 Å². The first-order valence-electron chi connectivity index (χ1n) is 9.32. The van der Waals surface area contributed by atoms with Crippen LogP contribution in [0, 0.1) is 5.92 Å². The molecule has 7 nitrogen and oxygen atoms in total. The van der Waals surface area contributed by atoms with E-state index < -0.39 is 35.0 Å². The quantitative estimate of drug-likeness (QED) is 0.599. The minimum Gasteiger partial charge on any atom is -0.444 e. The van der Waals surface area contributed by atoms with Crippen LogP contribution in [-0.2, 0) is 4.74 Å². The zero-order valence-electron chi connectivity index (χ0n) is 16.4. The van der Waals surface area contributed by atoms with Gasteiger partial charge in [0.15, 0.2) is 5.78 Å². The van der Waals surface area contributed by atoms with Crippen LogP contribution in [0.3, 0.4) is 0 Å². The maximum Gasteiger partial charge on any atom is 0.408 e. The van der Waals surface area contributed by atoms with Crippen molar-refractivity contribution >= 4 is 17.6 Å². The molecule has 1 saturated carbocycles. The van der Waals surface area contributed by atoms with Gasteiger partial charge < -0.3 is 25.6 Å². The minimum atomic E-state index is -1.64. The van der Waals surface area contributed by atoms with Gasteiger partial charge in [-0.1, -0.05) is 26.0 Å². The van der Waals surface area contributed by atoms with Crippen LogP contribution in [0.15, 0.2) is 24.3 Å². The third-order valence-electron chi connectivity index (χ3n) is 6.75. The number of hydrogen-bond donors (Lipinski definition) is 4. The molecule has 0 radical (unpaired) electrons. The number of benzene rings is 1. The molecule has 1 aromatic carbocycles. The molecule has 1 saturated heterocycles. The standard InChI is InChI=1S/C20H28N2O5/c1-6-19(26)16(21-15-9-7-8-14(10-15)12(3)23)11(2)20(18(19,5)25)13(4)27-17(24)22-20/h7-11,13,16,21,25-26H,6H2,1-5H3,(H,22,24)/t11-,13-,16-,18-,19+,20+/m0/s1. The molecule has 4 N–H and O–H groups in total. The smallest absolute Gasteiger partial charge is 0.408 e. The van der Waals surface area contributed by atoms with E-state index in [1.165, 1.54) is 6.92 Å². The highest BCUT2D eigenvalue weighted by Crippen LogP contribution is 2.55. The fourth-order valence-corrected chi connectivity index (χ4v) is 5.15. The Hall–Kier alpha value is -2.12. The largest absolute Gasteiger partial charge is 0.444 e. The zero-order chi connectivity index (χ0) is 20.2. The number of carbonyl (C=O) groups is 2. The Kier molecular flexibility index (Phi) is 4.51. The Labute approximate surface area is 159 Å². The van der Waals surface area contributed by atoms with Gasteiger partial charge in [0.2, 0.25) is 0 Å². The number of hydrogen-bond acceptors (Lipinski definition) is 6. The second-order valence-electron chi connectivity index (χ2n) is 7.94. The molecule has 1 heterocycles. The second kappa shape index (κ2) is 6.21. The molecular formula is C20H28N2O5. The molecule has 148 valence electrons. The summed E-state index contributed by atoms with van der Waals surface area (Å²) in [5.41, 5.74) is -3.11. The van der Waals surface area contributed by atoms with Crippen molar-refractivity contribution < 1.29 is 24.5 Å². The topological polar surface area (TPSA) is 108 Å². The van der Waals surface area contributed by atoms with Gasteiger partial charge in [-0.05, 0) is 39.3 Å². The molecule has 0 bridgehead atoms. The summed E-state index contributed by atoms with van der Waals surface area (Å²) in [6.45, 7) is 8.43. The van der Waals surface area contributed by atoms with Gasteiger partial charge in [-0.15, -0.1) is 0 Å². The number of anilines is 1. The summed E-state index contributed by atoms with van der Waals surface area (Å²) in [6.07, 6.45) is -0.964.